The van der Waals surface area contributed by atoms with Gasteiger partial charge in [-0.15, -0.1) is 0 Å². The number of carbonyl (C=O) groups is 2. The smallest absolute Gasteiger partial charge is 0.303 e. The third kappa shape index (κ3) is 5.94. The molecule has 6 heteroatoms. The number of nitrogens with one attached hydrogen (secondary N) is 1. The number of amides is 1. The lowest BCUT2D eigenvalue weighted by Gasteiger charge is -2.13. The van der Waals surface area contributed by atoms with Crippen molar-refractivity contribution in [1.29, 1.82) is 0 Å². The van der Waals surface area contributed by atoms with Crippen LogP contribution in [0, 0.1) is 0 Å². The van der Waals surface area contributed by atoms with Gasteiger partial charge in [0.1, 0.15) is 0 Å². The molecule has 1 atom stereocenters. The number of carbonyl (C=O) groups excluding carboxylic acids is 1. The van der Waals surface area contributed by atoms with Crippen LogP contribution < -0.4 is 5.32 Å². The van der Waals surface area contributed by atoms with Crippen LogP contribution in [0.5, 0.6) is 0 Å². The molecule has 0 aliphatic heterocycles. The van der Waals surface area contributed by atoms with Crippen molar-refractivity contribution in [3.8, 4) is 0 Å². The van der Waals surface area contributed by atoms with E-state index in [2.05, 4.69) is 5.32 Å². The molecule has 104 valence electrons. The standard InChI is InChI=1S/C13H15Cl2NO3/c1-8(2-5-13(18)19)16-12(17)6-9-3-4-10(14)7-11(9)15/h3-4,7-8H,2,5-6H2,1H3,(H,16,17)(H,18,19). The Bertz CT molecular complexity index is 477. The van der Waals surface area contributed by atoms with E-state index < -0.39 is 5.97 Å². The first-order chi connectivity index (χ1) is 8.88. The van der Waals surface area contributed by atoms with E-state index in [1.807, 2.05) is 0 Å². The molecule has 1 unspecified atom stereocenters. The zero-order valence-corrected chi connectivity index (χ0v) is 12.0. The van der Waals surface area contributed by atoms with E-state index in [0.29, 0.717) is 22.0 Å². The van der Waals surface area contributed by atoms with E-state index in [4.69, 9.17) is 28.3 Å². The van der Waals surface area contributed by atoms with Gasteiger partial charge >= 0.3 is 5.97 Å². The SMILES string of the molecule is CC(CCC(=O)O)NC(=O)Cc1ccc(Cl)cc1Cl. The highest BCUT2D eigenvalue weighted by Gasteiger charge is 2.11. The van der Waals surface area contributed by atoms with E-state index in [1.165, 1.54) is 0 Å². The average Bonchev–Trinajstić information content (AvgIpc) is 2.30. The minimum atomic E-state index is -0.873. The molecule has 0 spiro atoms. The number of carboxylic acids is 1. The molecule has 0 bridgehead atoms. The number of halogens is 2. The summed E-state index contributed by atoms with van der Waals surface area (Å²) in [6.07, 6.45) is 0.575. The van der Waals surface area contributed by atoms with Crippen molar-refractivity contribution in [2.75, 3.05) is 0 Å². The summed E-state index contributed by atoms with van der Waals surface area (Å²) in [7, 11) is 0. The highest BCUT2D eigenvalue weighted by Crippen LogP contribution is 2.21. The number of carboxylic acid groups (broad SMARTS) is 1. The molecular formula is C13H15Cl2NO3. The van der Waals surface area contributed by atoms with Crippen LogP contribution in [0.4, 0.5) is 0 Å². The highest BCUT2D eigenvalue weighted by molar-refractivity contribution is 6.35. The van der Waals surface area contributed by atoms with Crippen LogP contribution in [0.25, 0.3) is 0 Å². The van der Waals surface area contributed by atoms with Gasteiger partial charge in [-0.1, -0.05) is 29.3 Å². The molecule has 19 heavy (non-hydrogen) atoms. The second-order valence-corrected chi connectivity index (χ2v) is 5.16. The molecule has 0 aliphatic carbocycles. The average molecular weight is 304 g/mol. The Balaban J connectivity index is 2.48. The fraction of sp³-hybridized carbons (Fsp3) is 0.385. The fourth-order valence-electron chi connectivity index (χ4n) is 1.58. The van der Waals surface area contributed by atoms with E-state index in [-0.39, 0.29) is 24.8 Å². The molecule has 0 aromatic heterocycles. The van der Waals surface area contributed by atoms with Gasteiger partial charge in [0, 0.05) is 22.5 Å². The number of hydrogen-bond donors (Lipinski definition) is 2. The van der Waals surface area contributed by atoms with Crippen molar-refractivity contribution in [3.05, 3.63) is 33.8 Å². The Morgan fingerprint density at radius 1 is 1.37 bits per heavy atom. The largest absolute Gasteiger partial charge is 0.481 e. The molecule has 0 aliphatic rings. The highest BCUT2D eigenvalue weighted by atomic mass is 35.5. The Morgan fingerprint density at radius 2 is 2.05 bits per heavy atom. The van der Waals surface area contributed by atoms with Gasteiger partial charge in [-0.25, -0.2) is 0 Å². The van der Waals surface area contributed by atoms with Gasteiger partial charge in [-0.3, -0.25) is 9.59 Å². The van der Waals surface area contributed by atoms with Gasteiger partial charge in [0.15, 0.2) is 0 Å². The number of aliphatic carboxylic acids is 1. The van der Waals surface area contributed by atoms with Crippen molar-refractivity contribution in [2.45, 2.75) is 32.2 Å². The summed E-state index contributed by atoms with van der Waals surface area (Å²) in [5, 5.41) is 12.2. The second-order valence-electron chi connectivity index (χ2n) is 4.31. The van der Waals surface area contributed by atoms with Crippen LogP contribution >= 0.6 is 23.2 Å². The minimum Gasteiger partial charge on any atom is -0.481 e. The molecule has 1 aromatic carbocycles. The summed E-state index contributed by atoms with van der Waals surface area (Å²) in [5.41, 5.74) is 0.689. The first-order valence-corrected chi connectivity index (χ1v) is 6.59. The lowest BCUT2D eigenvalue weighted by molar-refractivity contribution is -0.137. The van der Waals surface area contributed by atoms with Crippen molar-refractivity contribution >= 4 is 35.1 Å². The summed E-state index contributed by atoms with van der Waals surface area (Å²) in [6, 6.07) is 4.77. The number of hydrogen-bond acceptors (Lipinski definition) is 2. The number of benzene rings is 1. The van der Waals surface area contributed by atoms with Gasteiger partial charge in [-0.2, -0.15) is 0 Å². The normalized spacial score (nSPS) is 11.9. The Kier molecular flexibility index (Phi) is 6.12. The zero-order valence-electron chi connectivity index (χ0n) is 10.5. The van der Waals surface area contributed by atoms with E-state index in [9.17, 15) is 9.59 Å². The Morgan fingerprint density at radius 3 is 2.63 bits per heavy atom. The van der Waals surface area contributed by atoms with Crippen LogP contribution in [0.1, 0.15) is 25.3 Å². The van der Waals surface area contributed by atoms with E-state index in [1.54, 1.807) is 25.1 Å². The maximum Gasteiger partial charge on any atom is 0.303 e. The van der Waals surface area contributed by atoms with Crippen LogP contribution in [0.3, 0.4) is 0 Å². The molecule has 0 saturated carbocycles. The zero-order chi connectivity index (χ0) is 14.4. The topological polar surface area (TPSA) is 66.4 Å². The maximum atomic E-state index is 11.8. The summed E-state index contributed by atoms with van der Waals surface area (Å²) in [6.45, 7) is 1.77. The molecule has 1 rings (SSSR count). The monoisotopic (exact) mass is 303 g/mol. The minimum absolute atomic E-state index is 0.0309. The van der Waals surface area contributed by atoms with Crippen LogP contribution in [-0.4, -0.2) is 23.0 Å². The van der Waals surface area contributed by atoms with Crippen molar-refractivity contribution in [2.24, 2.45) is 0 Å². The molecule has 1 aromatic rings. The van der Waals surface area contributed by atoms with Gasteiger partial charge in [0.05, 0.1) is 6.42 Å². The van der Waals surface area contributed by atoms with E-state index in [0.717, 1.165) is 0 Å². The molecule has 1 amide bonds. The second kappa shape index (κ2) is 7.36. The predicted molar refractivity (Wildman–Crippen MR) is 74.6 cm³/mol. The summed E-state index contributed by atoms with van der Waals surface area (Å²) in [4.78, 5) is 22.2. The predicted octanol–water partition coefficient (Wildman–Crippen LogP) is 2.91. The van der Waals surface area contributed by atoms with Crippen LogP contribution in [0.15, 0.2) is 18.2 Å². The Hall–Kier alpha value is -1.26. The van der Waals surface area contributed by atoms with Crippen LogP contribution in [-0.2, 0) is 16.0 Å². The molecule has 0 heterocycles. The number of rotatable bonds is 6. The summed E-state index contributed by atoms with van der Waals surface area (Å²) in [5.74, 6) is -1.07. The van der Waals surface area contributed by atoms with E-state index >= 15 is 0 Å². The van der Waals surface area contributed by atoms with Crippen molar-refractivity contribution < 1.29 is 14.7 Å². The fourth-order valence-corrected chi connectivity index (χ4v) is 2.05. The van der Waals surface area contributed by atoms with Gasteiger partial charge in [0.2, 0.25) is 5.91 Å². The molecule has 2 N–H and O–H groups in total. The first-order valence-electron chi connectivity index (χ1n) is 5.83. The van der Waals surface area contributed by atoms with Crippen molar-refractivity contribution in [3.63, 3.8) is 0 Å². The van der Waals surface area contributed by atoms with Gasteiger partial charge in [0.25, 0.3) is 0 Å². The summed E-state index contributed by atoms with van der Waals surface area (Å²) >= 11 is 11.7. The third-order valence-electron chi connectivity index (χ3n) is 2.56. The molecule has 0 fully saturated rings. The maximum absolute atomic E-state index is 11.8. The van der Waals surface area contributed by atoms with Gasteiger partial charge in [-0.05, 0) is 31.0 Å². The third-order valence-corrected chi connectivity index (χ3v) is 3.15. The van der Waals surface area contributed by atoms with Gasteiger partial charge < -0.3 is 10.4 Å². The first kappa shape index (κ1) is 15.8. The summed E-state index contributed by atoms with van der Waals surface area (Å²) < 4.78 is 0. The quantitative estimate of drug-likeness (QED) is 0.849. The molecular weight excluding hydrogens is 289 g/mol. The Labute approximate surface area is 121 Å². The lowest BCUT2D eigenvalue weighted by Crippen LogP contribution is -2.34. The molecule has 0 saturated heterocycles. The lowest BCUT2D eigenvalue weighted by atomic mass is 10.1. The molecule has 4 nitrogen and oxygen atoms in total. The van der Waals surface area contributed by atoms with Crippen LogP contribution in [0.2, 0.25) is 10.0 Å². The van der Waals surface area contributed by atoms with Crippen molar-refractivity contribution in [1.82, 2.24) is 5.32 Å². The molecule has 0 radical (unpaired) electrons.